The third-order valence-electron chi connectivity index (χ3n) is 4.18. The van der Waals surface area contributed by atoms with Gasteiger partial charge in [-0.3, -0.25) is 9.59 Å². The van der Waals surface area contributed by atoms with Crippen LogP contribution >= 0.6 is 34.8 Å². The summed E-state index contributed by atoms with van der Waals surface area (Å²) in [5.74, 6) is -0.269. The standard InChI is InChI=1S/C22H25Cl3N2O3/c1-14(21(29)26-22(2,3)4)27(12-15-5-7-16(23)8-6-15)20(28)13-30-19-10-9-17(24)11-18(19)25/h5-11,14H,12-13H2,1-4H3,(H,26,29)/t14-/m1/s1. The van der Waals surface area contributed by atoms with Crippen LogP contribution in [0.1, 0.15) is 33.3 Å². The summed E-state index contributed by atoms with van der Waals surface area (Å²) in [6, 6.07) is 11.1. The number of carbonyl (C=O) groups excluding carboxylic acids is 2. The SMILES string of the molecule is C[C@H](C(=O)NC(C)(C)C)N(Cc1ccc(Cl)cc1)C(=O)COc1ccc(Cl)cc1Cl. The van der Waals surface area contributed by atoms with Gasteiger partial charge in [-0.2, -0.15) is 0 Å². The number of hydrogen-bond donors (Lipinski definition) is 1. The van der Waals surface area contributed by atoms with Gasteiger partial charge in [0.1, 0.15) is 11.8 Å². The molecule has 0 aliphatic carbocycles. The fourth-order valence-corrected chi connectivity index (χ4v) is 3.25. The van der Waals surface area contributed by atoms with Crippen LogP contribution in [0.25, 0.3) is 0 Å². The zero-order chi connectivity index (χ0) is 22.5. The summed E-state index contributed by atoms with van der Waals surface area (Å²) in [5, 5.41) is 4.27. The summed E-state index contributed by atoms with van der Waals surface area (Å²) in [7, 11) is 0. The number of carbonyl (C=O) groups is 2. The zero-order valence-corrected chi connectivity index (χ0v) is 19.6. The molecule has 0 fully saturated rings. The van der Waals surface area contributed by atoms with Gasteiger partial charge in [-0.15, -0.1) is 0 Å². The highest BCUT2D eigenvalue weighted by atomic mass is 35.5. The van der Waals surface area contributed by atoms with E-state index in [0.29, 0.717) is 20.8 Å². The van der Waals surface area contributed by atoms with Crippen LogP contribution in [0.2, 0.25) is 15.1 Å². The Morgan fingerprint density at radius 2 is 1.63 bits per heavy atom. The van der Waals surface area contributed by atoms with Crippen LogP contribution in [0.5, 0.6) is 5.75 Å². The van der Waals surface area contributed by atoms with Crippen LogP contribution in [0, 0.1) is 0 Å². The smallest absolute Gasteiger partial charge is 0.261 e. The lowest BCUT2D eigenvalue weighted by atomic mass is 10.1. The first-order valence-electron chi connectivity index (χ1n) is 9.40. The second kappa shape index (κ2) is 10.4. The Bertz CT molecular complexity index is 895. The van der Waals surface area contributed by atoms with Gasteiger partial charge in [0.25, 0.3) is 5.91 Å². The van der Waals surface area contributed by atoms with Gasteiger partial charge in [0, 0.05) is 22.1 Å². The van der Waals surface area contributed by atoms with Crippen molar-refractivity contribution in [1.82, 2.24) is 10.2 Å². The quantitative estimate of drug-likeness (QED) is 0.591. The minimum Gasteiger partial charge on any atom is -0.482 e. The third kappa shape index (κ3) is 7.38. The molecule has 2 aromatic rings. The minimum absolute atomic E-state index is 0.229. The van der Waals surface area contributed by atoms with Crippen LogP contribution < -0.4 is 10.1 Å². The Morgan fingerprint density at radius 3 is 2.20 bits per heavy atom. The van der Waals surface area contributed by atoms with Crippen molar-refractivity contribution in [3.05, 3.63) is 63.1 Å². The van der Waals surface area contributed by atoms with E-state index in [1.165, 1.54) is 11.0 Å². The number of ether oxygens (including phenoxy) is 1. The van der Waals surface area contributed by atoms with E-state index in [1.54, 1.807) is 31.2 Å². The first kappa shape index (κ1) is 24.3. The predicted molar refractivity (Wildman–Crippen MR) is 121 cm³/mol. The largest absolute Gasteiger partial charge is 0.482 e. The van der Waals surface area contributed by atoms with Crippen LogP contribution in [0.15, 0.2) is 42.5 Å². The fourth-order valence-electron chi connectivity index (χ4n) is 2.66. The second-order valence-corrected chi connectivity index (χ2v) is 9.21. The molecule has 0 spiro atoms. The Morgan fingerprint density at radius 1 is 1.03 bits per heavy atom. The predicted octanol–water partition coefficient (Wildman–Crippen LogP) is 5.36. The van der Waals surface area contributed by atoms with Crippen LogP contribution in [-0.4, -0.2) is 34.9 Å². The molecular formula is C22H25Cl3N2O3. The van der Waals surface area contributed by atoms with Gasteiger partial charge >= 0.3 is 0 Å². The van der Waals surface area contributed by atoms with Crippen molar-refractivity contribution in [3.63, 3.8) is 0 Å². The van der Waals surface area contributed by atoms with E-state index in [-0.39, 0.29) is 25.0 Å². The van der Waals surface area contributed by atoms with Crippen LogP contribution in [0.3, 0.4) is 0 Å². The van der Waals surface area contributed by atoms with Crippen molar-refractivity contribution in [2.24, 2.45) is 0 Å². The van der Waals surface area contributed by atoms with Gasteiger partial charge in [-0.25, -0.2) is 0 Å². The molecule has 0 radical (unpaired) electrons. The summed E-state index contributed by atoms with van der Waals surface area (Å²) >= 11 is 18.0. The number of hydrogen-bond acceptors (Lipinski definition) is 3. The molecule has 0 saturated heterocycles. The molecule has 30 heavy (non-hydrogen) atoms. The molecule has 0 aliphatic rings. The molecule has 162 valence electrons. The van der Waals surface area contributed by atoms with Gasteiger partial charge in [-0.05, 0) is 63.6 Å². The van der Waals surface area contributed by atoms with Crippen LogP contribution in [-0.2, 0) is 16.1 Å². The molecule has 0 aliphatic heterocycles. The highest BCUT2D eigenvalue weighted by molar-refractivity contribution is 6.35. The lowest BCUT2D eigenvalue weighted by Gasteiger charge is -2.31. The molecule has 1 N–H and O–H groups in total. The lowest BCUT2D eigenvalue weighted by Crippen LogP contribution is -2.53. The Balaban J connectivity index is 2.18. The van der Waals surface area contributed by atoms with Crippen molar-refractivity contribution < 1.29 is 14.3 Å². The summed E-state index contributed by atoms with van der Waals surface area (Å²) in [6.07, 6.45) is 0. The fraction of sp³-hybridized carbons (Fsp3) is 0.364. The molecule has 5 nitrogen and oxygen atoms in total. The molecule has 1 atom stereocenters. The normalized spacial score (nSPS) is 12.2. The van der Waals surface area contributed by atoms with Gasteiger partial charge in [0.15, 0.2) is 6.61 Å². The monoisotopic (exact) mass is 470 g/mol. The molecule has 0 saturated carbocycles. The maximum atomic E-state index is 13.0. The number of nitrogens with one attached hydrogen (secondary N) is 1. The Kier molecular flexibility index (Phi) is 8.42. The number of rotatable bonds is 7. The molecule has 2 rings (SSSR count). The van der Waals surface area contributed by atoms with E-state index in [0.717, 1.165) is 5.56 Å². The second-order valence-electron chi connectivity index (χ2n) is 7.93. The topological polar surface area (TPSA) is 58.6 Å². The van der Waals surface area contributed by atoms with Gasteiger partial charge in [-0.1, -0.05) is 46.9 Å². The zero-order valence-electron chi connectivity index (χ0n) is 17.3. The van der Waals surface area contributed by atoms with Crippen molar-refractivity contribution in [2.45, 2.75) is 45.8 Å². The highest BCUT2D eigenvalue weighted by Crippen LogP contribution is 2.27. The molecule has 0 aromatic heterocycles. The highest BCUT2D eigenvalue weighted by Gasteiger charge is 2.28. The number of benzene rings is 2. The molecule has 2 amide bonds. The molecule has 0 unspecified atom stereocenters. The van der Waals surface area contributed by atoms with Crippen molar-refractivity contribution in [3.8, 4) is 5.75 Å². The molecule has 2 aromatic carbocycles. The van der Waals surface area contributed by atoms with E-state index in [9.17, 15) is 9.59 Å². The van der Waals surface area contributed by atoms with Crippen LogP contribution in [0.4, 0.5) is 0 Å². The minimum atomic E-state index is -0.711. The number of nitrogens with zero attached hydrogens (tertiary/aromatic N) is 1. The summed E-state index contributed by atoms with van der Waals surface area (Å²) in [4.78, 5) is 27.2. The van der Waals surface area contributed by atoms with E-state index in [1.807, 2.05) is 32.9 Å². The van der Waals surface area contributed by atoms with Gasteiger partial charge < -0.3 is 15.0 Å². The summed E-state index contributed by atoms with van der Waals surface area (Å²) in [5.41, 5.74) is 0.417. The number of amides is 2. The van der Waals surface area contributed by atoms with Gasteiger partial charge in [0.05, 0.1) is 5.02 Å². The summed E-state index contributed by atoms with van der Waals surface area (Å²) in [6.45, 7) is 7.29. The first-order valence-corrected chi connectivity index (χ1v) is 10.5. The molecular weight excluding hydrogens is 447 g/mol. The first-order chi connectivity index (χ1) is 14.0. The van der Waals surface area contributed by atoms with E-state index >= 15 is 0 Å². The van der Waals surface area contributed by atoms with Gasteiger partial charge in [0.2, 0.25) is 5.91 Å². The van der Waals surface area contributed by atoms with E-state index in [2.05, 4.69) is 5.32 Å². The van der Waals surface area contributed by atoms with Crippen molar-refractivity contribution >= 4 is 46.6 Å². The maximum Gasteiger partial charge on any atom is 0.261 e. The van der Waals surface area contributed by atoms with Crippen molar-refractivity contribution in [2.75, 3.05) is 6.61 Å². The van der Waals surface area contributed by atoms with E-state index in [4.69, 9.17) is 39.5 Å². The lowest BCUT2D eigenvalue weighted by molar-refractivity contribution is -0.142. The molecule has 0 bridgehead atoms. The Labute approximate surface area is 192 Å². The molecule has 0 heterocycles. The summed E-state index contributed by atoms with van der Waals surface area (Å²) < 4.78 is 5.59. The maximum absolute atomic E-state index is 13.0. The number of halogens is 3. The average Bonchev–Trinajstić information content (AvgIpc) is 2.64. The third-order valence-corrected chi connectivity index (χ3v) is 4.96. The molecule has 8 heteroatoms. The Hall–Kier alpha value is -1.95. The van der Waals surface area contributed by atoms with E-state index < -0.39 is 11.6 Å². The van der Waals surface area contributed by atoms with Crippen molar-refractivity contribution in [1.29, 1.82) is 0 Å². The average molecular weight is 472 g/mol.